The van der Waals surface area contributed by atoms with Crippen molar-refractivity contribution in [2.24, 2.45) is 5.92 Å². The maximum Gasteiger partial charge on any atom is 0.242 e. The van der Waals surface area contributed by atoms with E-state index in [9.17, 15) is 14.0 Å². The Morgan fingerprint density at radius 1 is 1.22 bits per heavy atom. The normalized spacial score (nSPS) is 16.8. The number of ether oxygens (including phenoxy) is 2. The van der Waals surface area contributed by atoms with Crippen LogP contribution in [0.4, 0.5) is 15.9 Å². The highest BCUT2D eigenvalue weighted by molar-refractivity contribution is 6.31. The van der Waals surface area contributed by atoms with Crippen LogP contribution < -0.4 is 25.4 Å². The third-order valence-corrected chi connectivity index (χ3v) is 6.09. The Hall–Kier alpha value is -3.66. The lowest BCUT2D eigenvalue weighted by Gasteiger charge is -2.22. The van der Waals surface area contributed by atoms with E-state index in [0.717, 1.165) is 0 Å². The summed E-state index contributed by atoms with van der Waals surface area (Å²) in [5, 5.41) is 10.1. The highest BCUT2D eigenvalue weighted by atomic mass is 35.5. The maximum absolute atomic E-state index is 13.0. The molecule has 0 fully saturated rings. The van der Waals surface area contributed by atoms with Crippen LogP contribution in [0.5, 0.6) is 11.5 Å². The number of benzene rings is 2. The molecule has 1 aliphatic heterocycles. The van der Waals surface area contributed by atoms with Crippen molar-refractivity contribution >= 4 is 45.8 Å². The number of nitrogens with zero attached hydrogens (tertiary/aromatic N) is 2. The zero-order valence-corrected chi connectivity index (χ0v) is 21.4. The first-order valence-corrected chi connectivity index (χ1v) is 12.5. The van der Waals surface area contributed by atoms with E-state index in [4.69, 9.17) is 21.1 Å². The summed E-state index contributed by atoms with van der Waals surface area (Å²) >= 11 is 6.27. The van der Waals surface area contributed by atoms with Crippen LogP contribution >= 0.6 is 11.6 Å². The van der Waals surface area contributed by atoms with Crippen molar-refractivity contribution in [3.63, 3.8) is 0 Å². The Kier molecular flexibility index (Phi) is 8.60. The molecule has 1 unspecified atom stereocenters. The van der Waals surface area contributed by atoms with Gasteiger partial charge in [0.25, 0.3) is 0 Å². The lowest BCUT2D eigenvalue weighted by molar-refractivity contribution is -0.129. The van der Waals surface area contributed by atoms with Crippen LogP contribution in [0.3, 0.4) is 0 Å². The molecular weight excluding hydrogens is 501 g/mol. The van der Waals surface area contributed by atoms with Crippen LogP contribution in [0, 0.1) is 5.92 Å². The summed E-state index contributed by atoms with van der Waals surface area (Å²) in [5.74, 6) is 0.551. The molecule has 2 heterocycles. The fourth-order valence-electron chi connectivity index (χ4n) is 3.99. The second-order valence-electron chi connectivity index (χ2n) is 8.96. The molecule has 1 aromatic heterocycles. The van der Waals surface area contributed by atoms with E-state index in [1.807, 2.05) is 13.8 Å². The summed E-state index contributed by atoms with van der Waals surface area (Å²) in [6, 6.07) is 7.86. The van der Waals surface area contributed by atoms with Crippen molar-refractivity contribution in [1.29, 1.82) is 0 Å². The summed E-state index contributed by atoms with van der Waals surface area (Å²) in [6.45, 7) is 3.59. The molecule has 196 valence electrons. The van der Waals surface area contributed by atoms with E-state index < -0.39 is 12.7 Å². The molecule has 11 heteroatoms. The van der Waals surface area contributed by atoms with Gasteiger partial charge in [0, 0.05) is 28.7 Å². The van der Waals surface area contributed by atoms with Crippen molar-refractivity contribution in [3.05, 3.63) is 47.2 Å². The SMILES string of the molecule is CC(C)C1NC(=O)Cc2ccc(Cl)cc2Nc2ncnc3cc(OCCF)c(cc23)OCCCNC1=O. The molecule has 0 radical (unpaired) electrons. The van der Waals surface area contributed by atoms with Crippen molar-refractivity contribution in [1.82, 2.24) is 20.6 Å². The highest BCUT2D eigenvalue weighted by Crippen LogP contribution is 2.36. The molecule has 0 spiro atoms. The van der Waals surface area contributed by atoms with Gasteiger partial charge in [-0.3, -0.25) is 9.59 Å². The number of anilines is 2. The van der Waals surface area contributed by atoms with E-state index in [1.54, 1.807) is 30.3 Å². The Morgan fingerprint density at radius 3 is 2.84 bits per heavy atom. The molecular formula is C26H29ClFN5O4. The summed E-state index contributed by atoms with van der Waals surface area (Å²) in [5.41, 5.74) is 1.81. The van der Waals surface area contributed by atoms with Crippen LogP contribution in [-0.2, 0) is 16.0 Å². The van der Waals surface area contributed by atoms with Gasteiger partial charge in [0.2, 0.25) is 11.8 Å². The Morgan fingerprint density at radius 2 is 2.05 bits per heavy atom. The molecule has 2 aromatic carbocycles. The van der Waals surface area contributed by atoms with Crippen LogP contribution in [0.1, 0.15) is 25.8 Å². The molecule has 4 rings (SSSR count). The lowest BCUT2D eigenvalue weighted by atomic mass is 10.0. The number of rotatable bonds is 4. The molecule has 9 nitrogen and oxygen atoms in total. The number of fused-ring (bicyclic) bond motifs is 2. The van der Waals surface area contributed by atoms with Crippen molar-refractivity contribution in [2.45, 2.75) is 32.7 Å². The van der Waals surface area contributed by atoms with Crippen LogP contribution in [0.2, 0.25) is 5.02 Å². The molecule has 1 aliphatic rings. The standard InChI is InChI=1S/C26H29ClFN5O4/c1-15(2)24-26(35)29-7-3-8-36-21-12-18-20(13-22(21)37-9-6-28)30-14-31-25(18)32-19-11-17(27)5-4-16(19)10-23(34)33-24/h4-5,11-15,24H,3,6-10H2,1-2H3,(H,29,35)(H,33,34)(H,30,31,32). The number of carbonyl (C=O) groups excluding carboxylic acids is 2. The van der Waals surface area contributed by atoms with Gasteiger partial charge in [-0.15, -0.1) is 0 Å². The monoisotopic (exact) mass is 529 g/mol. The molecule has 0 saturated heterocycles. The molecule has 1 atom stereocenters. The first-order chi connectivity index (χ1) is 17.9. The lowest BCUT2D eigenvalue weighted by Crippen LogP contribution is -2.50. The van der Waals surface area contributed by atoms with Gasteiger partial charge in [-0.1, -0.05) is 31.5 Å². The number of halogens is 2. The minimum absolute atomic E-state index is 0.0224. The zero-order chi connectivity index (χ0) is 26.4. The summed E-state index contributed by atoms with van der Waals surface area (Å²) in [4.78, 5) is 34.5. The molecule has 2 amide bonds. The summed E-state index contributed by atoms with van der Waals surface area (Å²) in [6.07, 6.45) is 1.92. The van der Waals surface area contributed by atoms with E-state index in [2.05, 4.69) is 25.9 Å². The number of alkyl halides is 1. The van der Waals surface area contributed by atoms with E-state index in [-0.39, 0.29) is 37.4 Å². The molecule has 3 N–H and O–H groups in total. The second-order valence-corrected chi connectivity index (χ2v) is 9.40. The number of carbonyl (C=O) groups is 2. The van der Waals surface area contributed by atoms with Crippen LogP contribution in [0.15, 0.2) is 36.7 Å². The Bertz CT molecular complexity index is 1290. The van der Waals surface area contributed by atoms with E-state index in [1.165, 1.54) is 6.33 Å². The highest BCUT2D eigenvalue weighted by Gasteiger charge is 2.24. The van der Waals surface area contributed by atoms with Gasteiger partial charge < -0.3 is 25.4 Å². The first kappa shape index (κ1) is 26.4. The van der Waals surface area contributed by atoms with Gasteiger partial charge in [-0.25, -0.2) is 14.4 Å². The third-order valence-electron chi connectivity index (χ3n) is 5.86. The molecule has 2 bridgehead atoms. The maximum atomic E-state index is 13.0. The predicted octanol–water partition coefficient (Wildman–Crippen LogP) is 3.96. The average molecular weight is 530 g/mol. The fraction of sp³-hybridized carbons (Fsp3) is 0.385. The zero-order valence-electron chi connectivity index (χ0n) is 20.6. The number of hydrogen-bond donors (Lipinski definition) is 3. The number of amides is 2. The largest absolute Gasteiger partial charge is 0.490 e. The molecule has 3 aromatic rings. The summed E-state index contributed by atoms with van der Waals surface area (Å²) in [7, 11) is 0. The Balaban J connectivity index is 1.77. The van der Waals surface area contributed by atoms with Gasteiger partial charge in [-0.2, -0.15) is 0 Å². The topological polar surface area (TPSA) is 114 Å². The van der Waals surface area contributed by atoms with E-state index >= 15 is 0 Å². The van der Waals surface area contributed by atoms with Crippen molar-refractivity contribution in [2.75, 3.05) is 31.7 Å². The number of hydrogen-bond acceptors (Lipinski definition) is 7. The smallest absolute Gasteiger partial charge is 0.242 e. The Labute approximate surface area is 219 Å². The average Bonchev–Trinajstić information content (AvgIpc) is 2.87. The van der Waals surface area contributed by atoms with Crippen molar-refractivity contribution < 1.29 is 23.5 Å². The van der Waals surface area contributed by atoms with Crippen molar-refractivity contribution in [3.8, 4) is 11.5 Å². The molecule has 0 saturated carbocycles. The van der Waals surface area contributed by atoms with Crippen LogP contribution in [-0.4, -0.2) is 54.3 Å². The van der Waals surface area contributed by atoms with Gasteiger partial charge in [0.05, 0.1) is 18.5 Å². The van der Waals surface area contributed by atoms with E-state index in [0.29, 0.717) is 57.5 Å². The van der Waals surface area contributed by atoms with Gasteiger partial charge in [0.15, 0.2) is 11.5 Å². The minimum Gasteiger partial charge on any atom is -0.490 e. The second kappa shape index (κ2) is 12.1. The summed E-state index contributed by atoms with van der Waals surface area (Å²) < 4.78 is 24.4. The quantitative estimate of drug-likeness (QED) is 0.468. The fourth-order valence-corrected chi connectivity index (χ4v) is 4.16. The third kappa shape index (κ3) is 6.56. The van der Waals surface area contributed by atoms with Gasteiger partial charge >= 0.3 is 0 Å². The number of aromatic nitrogens is 2. The molecule has 37 heavy (non-hydrogen) atoms. The predicted molar refractivity (Wildman–Crippen MR) is 139 cm³/mol. The van der Waals surface area contributed by atoms with Crippen LogP contribution in [0.25, 0.3) is 10.9 Å². The molecule has 0 aliphatic carbocycles. The minimum atomic E-state index is -0.690. The number of nitrogens with one attached hydrogen (secondary N) is 3. The van der Waals surface area contributed by atoms with Gasteiger partial charge in [0.1, 0.15) is 31.5 Å². The van der Waals surface area contributed by atoms with Gasteiger partial charge in [-0.05, 0) is 36.1 Å². The first-order valence-electron chi connectivity index (χ1n) is 12.1.